The van der Waals surface area contributed by atoms with E-state index in [9.17, 15) is 0 Å². The Morgan fingerprint density at radius 1 is 1.12 bits per heavy atom. The molecule has 2 aromatic rings. The van der Waals surface area contributed by atoms with E-state index in [4.69, 9.17) is 21.7 Å². The van der Waals surface area contributed by atoms with Crippen LogP contribution in [0.4, 0.5) is 0 Å². The molecule has 0 aliphatic carbocycles. The van der Waals surface area contributed by atoms with E-state index < -0.39 is 0 Å². The van der Waals surface area contributed by atoms with E-state index in [0.29, 0.717) is 18.1 Å². The third-order valence-corrected chi connectivity index (χ3v) is 5.71. The Kier molecular flexibility index (Phi) is 6.54. The lowest BCUT2D eigenvalue weighted by molar-refractivity contribution is 0.282. The Bertz CT molecular complexity index is 770. The summed E-state index contributed by atoms with van der Waals surface area (Å²) in [5.41, 5.74) is 3.36. The number of aryl methyl sites for hydroxylation is 1. The van der Waals surface area contributed by atoms with Gasteiger partial charge in [0.15, 0.2) is 11.5 Å². The highest BCUT2D eigenvalue weighted by Crippen LogP contribution is 2.37. The normalized spacial score (nSPS) is 14.2. The first-order chi connectivity index (χ1) is 12.6. The van der Waals surface area contributed by atoms with E-state index in [1.807, 2.05) is 12.1 Å². The highest BCUT2D eigenvalue weighted by Gasteiger charge is 2.19. The van der Waals surface area contributed by atoms with Crippen LogP contribution in [0, 0.1) is 6.92 Å². The van der Waals surface area contributed by atoms with Crippen molar-refractivity contribution in [1.82, 2.24) is 4.90 Å². The summed E-state index contributed by atoms with van der Waals surface area (Å²) in [6, 6.07) is 12.3. The summed E-state index contributed by atoms with van der Waals surface area (Å²) in [5, 5.41) is 0. The molecule has 0 N–H and O–H groups in total. The molecule has 0 radical (unpaired) electrons. The van der Waals surface area contributed by atoms with Gasteiger partial charge in [-0.2, -0.15) is 0 Å². The molecule has 5 heteroatoms. The molecule has 0 amide bonds. The van der Waals surface area contributed by atoms with Crippen LogP contribution in [0.1, 0.15) is 36.0 Å². The van der Waals surface area contributed by atoms with Gasteiger partial charge < -0.3 is 14.4 Å². The van der Waals surface area contributed by atoms with Crippen molar-refractivity contribution in [2.75, 3.05) is 20.2 Å². The molecule has 0 bridgehead atoms. The second kappa shape index (κ2) is 8.87. The minimum Gasteiger partial charge on any atom is -0.493 e. The molecule has 0 saturated carbocycles. The number of nitrogens with zero attached hydrogens (tertiary/aromatic N) is 1. The summed E-state index contributed by atoms with van der Waals surface area (Å²) in [5.74, 6) is 1.40. The summed E-state index contributed by atoms with van der Waals surface area (Å²) >= 11 is 9.35. The number of ether oxygens (including phenoxy) is 2. The lowest BCUT2D eigenvalue weighted by Gasteiger charge is -2.29. The van der Waals surface area contributed by atoms with E-state index >= 15 is 0 Å². The number of benzene rings is 2. The number of hydrogen-bond donors (Lipinski definition) is 0. The van der Waals surface area contributed by atoms with Crippen LogP contribution < -0.4 is 9.47 Å². The molecule has 1 heterocycles. The highest BCUT2D eigenvalue weighted by molar-refractivity contribution is 9.10. The zero-order chi connectivity index (χ0) is 18.5. The van der Waals surface area contributed by atoms with Crippen molar-refractivity contribution in [3.8, 4) is 11.5 Å². The van der Waals surface area contributed by atoms with Crippen molar-refractivity contribution in [3.63, 3.8) is 0 Å². The summed E-state index contributed by atoms with van der Waals surface area (Å²) in [6.45, 7) is 4.63. The first-order valence-corrected chi connectivity index (χ1v) is 10.1. The molecule has 0 spiro atoms. The first-order valence-electron chi connectivity index (χ1n) is 8.93. The van der Waals surface area contributed by atoms with Crippen LogP contribution in [-0.2, 0) is 6.61 Å². The summed E-state index contributed by atoms with van der Waals surface area (Å²) < 4.78 is 12.5. The average molecular weight is 434 g/mol. The molecule has 2 aromatic carbocycles. The largest absolute Gasteiger partial charge is 0.493 e. The molecular formula is C21H24BrNO2S. The maximum absolute atomic E-state index is 6.04. The van der Waals surface area contributed by atoms with Crippen molar-refractivity contribution >= 4 is 33.1 Å². The molecule has 26 heavy (non-hydrogen) atoms. The molecule has 1 fully saturated rings. The number of methoxy groups -OCH3 is 1. The number of thiocarbonyl (C=S) groups is 1. The van der Waals surface area contributed by atoms with Crippen LogP contribution in [-0.4, -0.2) is 30.1 Å². The lowest BCUT2D eigenvalue weighted by atomic mass is 10.1. The molecule has 1 aliphatic heterocycles. The number of likely N-dealkylation sites (tertiary alicyclic amines) is 1. The molecule has 3 rings (SSSR count). The van der Waals surface area contributed by atoms with Crippen molar-refractivity contribution in [2.24, 2.45) is 0 Å². The molecule has 1 aliphatic rings. The van der Waals surface area contributed by atoms with Crippen molar-refractivity contribution < 1.29 is 9.47 Å². The summed E-state index contributed by atoms with van der Waals surface area (Å²) in [7, 11) is 1.66. The van der Waals surface area contributed by atoms with E-state index in [1.165, 1.54) is 24.8 Å². The van der Waals surface area contributed by atoms with Gasteiger partial charge in [0.05, 0.1) is 11.6 Å². The predicted octanol–water partition coefficient (Wildman–Crippen LogP) is 5.51. The lowest BCUT2D eigenvalue weighted by Crippen LogP contribution is -2.34. The number of rotatable bonds is 5. The van der Waals surface area contributed by atoms with Gasteiger partial charge in [-0.1, -0.05) is 42.0 Å². The van der Waals surface area contributed by atoms with E-state index in [1.54, 1.807) is 7.11 Å². The third-order valence-electron chi connectivity index (χ3n) is 4.62. The third kappa shape index (κ3) is 4.57. The van der Waals surface area contributed by atoms with Crippen LogP contribution >= 0.6 is 28.1 Å². The molecule has 1 saturated heterocycles. The van der Waals surface area contributed by atoms with Gasteiger partial charge in [0.25, 0.3) is 0 Å². The van der Waals surface area contributed by atoms with Gasteiger partial charge in [-0.3, -0.25) is 0 Å². The van der Waals surface area contributed by atoms with Gasteiger partial charge in [0, 0.05) is 18.7 Å². The molecule has 138 valence electrons. The molecule has 3 nitrogen and oxygen atoms in total. The van der Waals surface area contributed by atoms with Crippen LogP contribution in [0.3, 0.4) is 0 Å². The first kappa shape index (κ1) is 19.2. The fourth-order valence-corrected chi connectivity index (χ4v) is 3.96. The maximum atomic E-state index is 6.04. The van der Waals surface area contributed by atoms with Crippen molar-refractivity contribution in [1.29, 1.82) is 0 Å². The van der Waals surface area contributed by atoms with E-state index in [0.717, 1.165) is 33.7 Å². The second-order valence-corrected chi connectivity index (χ2v) is 7.86. The molecular weight excluding hydrogens is 410 g/mol. The SMILES string of the molecule is COc1cc(C(=S)N2CCCCC2)cc(Br)c1OCc1ccc(C)cc1. The predicted molar refractivity (Wildman–Crippen MR) is 113 cm³/mol. The van der Waals surface area contributed by atoms with E-state index in [-0.39, 0.29) is 0 Å². The standard InChI is InChI=1S/C21H24BrNO2S/c1-15-6-8-16(9-7-15)14-25-20-18(22)12-17(13-19(20)24-2)21(26)23-10-4-3-5-11-23/h6-9,12-13H,3-5,10-11,14H2,1-2H3. The second-order valence-electron chi connectivity index (χ2n) is 6.62. The van der Waals surface area contributed by atoms with Gasteiger partial charge in [-0.05, 0) is 59.8 Å². The van der Waals surface area contributed by atoms with Crippen LogP contribution in [0.5, 0.6) is 11.5 Å². The van der Waals surface area contributed by atoms with Crippen LogP contribution in [0.25, 0.3) is 0 Å². The zero-order valence-corrected chi connectivity index (χ0v) is 17.7. The summed E-state index contributed by atoms with van der Waals surface area (Å²) in [6.07, 6.45) is 3.70. The van der Waals surface area contributed by atoms with Gasteiger partial charge >= 0.3 is 0 Å². The van der Waals surface area contributed by atoms with E-state index in [2.05, 4.69) is 52.0 Å². The van der Waals surface area contributed by atoms with Gasteiger partial charge in [0.1, 0.15) is 11.6 Å². The minimum absolute atomic E-state index is 0.491. The minimum atomic E-state index is 0.491. The highest BCUT2D eigenvalue weighted by atomic mass is 79.9. The fourth-order valence-electron chi connectivity index (χ4n) is 3.10. The fraction of sp³-hybridized carbons (Fsp3) is 0.381. The van der Waals surface area contributed by atoms with Crippen LogP contribution in [0.2, 0.25) is 0 Å². The summed E-state index contributed by atoms with van der Waals surface area (Å²) in [4.78, 5) is 3.17. The van der Waals surface area contributed by atoms with Crippen LogP contribution in [0.15, 0.2) is 40.9 Å². The Labute approximate surface area is 169 Å². The van der Waals surface area contributed by atoms with Gasteiger partial charge in [-0.25, -0.2) is 0 Å². The number of halogens is 1. The number of piperidine rings is 1. The maximum Gasteiger partial charge on any atom is 0.175 e. The smallest absolute Gasteiger partial charge is 0.175 e. The Morgan fingerprint density at radius 3 is 2.46 bits per heavy atom. The average Bonchev–Trinajstić information content (AvgIpc) is 2.68. The molecule has 0 aromatic heterocycles. The Balaban J connectivity index is 1.78. The van der Waals surface area contributed by atoms with Gasteiger partial charge in [-0.15, -0.1) is 0 Å². The Hall–Kier alpha value is -1.59. The van der Waals surface area contributed by atoms with Crippen molar-refractivity contribution in [3.05, 3.63) is 57.6 Å². The monoisotopic (exact) mass is 433 g/mol. The molecule has 0 atom stereocenters. The number of hydrogen-bond acceptors (Lipinski definition) is 3. The van der Waals surface area contributed by atoms with Crippen molar-refractivity contribution in [2.45, 2.75) is 32.8 Å². The quantitative estimate of drug-likeness (QED) is 0.579. The topological polar surface area (TPSA) is 21.7 Å². The van der Waals surface area contributed by atoms with Gasteiger partial charge in [0.2, 0.25) is 0 Å². The Morgan fingerprint density at radius 2 is 1.81 bits per heavy atom. The molecule has 0 unspecified atom stereocenters. The zero-order valence-electron chi connectivity index (χ0n) is 15.3.